The summed E-state index contributed by atoms with van der Waals surface area (Å²) in [6.45, 7) is 4.63. The van der Waals surface area contributed by atoms with Gasteiger partial charge in [0.1, 0.15) is 5.82 Å². The predicted octanol–water partition coefficient (Wildman–Crippen LogP) is 4.40. The lowest BCUT2D eigenvalue weighted by molar-refractivity contribution is 0.0732. The molecule has 0 unspecified atom stereocenters. The highest BCUT2D eigenvalue weighted by molar-refractivity contribution is 7.08. The maximum atomic E-state index is 14.0. The van der Waals surface area contributed by atoms with Gasteiger partial charge in [-0.3, -0.25) is 9.59 Å². The van der Waals surface area contributed by atoms with Crippen molar-refractivity contribution < 1.29 is 9.18 Å². The molecule has 2 aliphatic rings. The number of carbonyl (C=O) groups excluding carboxylic acids is 1. The largest absolute Gasteiger partial charge is 0.334 e. The van der Waals surface area contributed by atoms with Crippen molar-refractivity contribution in [1.82, 2.24) is 14.4 Å². The third-order valence-corrected chi connectivity index (χ3v) is 7.43. The van der Waals surface area contributed by atoms with Gasteiger partial charge < -0.3 is 14.4 Å². The number of thiophene rings is 1. The van der Waals surface area contributed by atoms with E-state index in [9.17, 15) is 14.0 Å². The van der Waals surface area contributed by atoms with Crippen molar-refractivity contribution in [1.29, 1.82) is 0 Å². The smallest absolute Gasteiger partial charge is 0.258 e. The Bertz CT molecular complexity index is 1200. The average Bonchev–Trinajstić information content (AvgIpc) is 3.38. The van der Waals surface area contributed by atoms with Crippen LogP contribution in [0.4, 0.5) is 4.39 Å². The number of benzene rings is 1. The molecule has 0 aliphatic carbocycles. The quantitative estimate of drug-likeness (QED) is 0.561. The average molecular weight is 466 g/mol. The molecule has 0 N–H and O–H groups in total. The molecule has 0 radical (unpaired) electrons. The van der Waals surface area contributed by atoms with Crippen molar-refractivity contribution in [3.63, 3.8) is 0 Å². The van der Waals surface area contributed by atoms with E-state index in [4.69, 9.17) is 0 Å². The Morgan fingerprint density at radius 2 is 1.88 bits per heavy atom. The molecule has 0 saturated carbocycles. The molecule has 5 nitrogen and oxygen atoms in total. The third-order valence-electron chi connectivity index (χ3n) is 6.75. The summed E-state index contributed by atoms with van der Waals surface area (Å²) in [5.41, 5.74) is 3.68. The zero-order valence-corrected chi connectivity index (χ0v) is 19.5. The molecule has 4 heterocycles. The van der Waals surface area contributed by atoms with Crippen molar-refractivity contribution in [3.8, 4) is 11.1 Å². The monoisotopic (exact) mass is 465 g/mol. The number of carbonyl (C=O) groups is 1. The number of piperidine rings is 1. The molecule has 33 heavy (non-hydrogen) atoms. The minimum atomic E-state index is -0.362. The van der Waals surface area contributed by atoms with Gasteiger partial charge in [0.2, 0.25) is 0 Å². The summed E-state index contributed by atoms with van der Waals surface area (Å²) in [5, 5.41) is 3.78. The van der Waals surface area contributed by atoms with E-state index in [1.54, 1.807) is 12.1 Å². The van der Waals surface area contributed by atoms with Crippen LogP contribution in [-0.4, -0.2) is 46.5 Å². The number of rotatable bonds is 5. The number of halogens is 1. The van der Waals surface area contributed by atoms with Gasteiger partial charge in [-0.1, -0.05) is 18.6 Å². The number of pyridine rings is 1. The molecule has 1 saturated heterocycles. The Morgan fingerprint density at radius 1 is 1.03 bits per heavy atom. The van der Waals surface area contributed by atoms with Gasteiger partial charge in [-0.05, 0) is 66.7 Å². The molecular weight excluding hydrogens is 437 g/mol. The first kappa shape index (κ1) is 22.0. The fourth-order valence-electron chi connectivity index (χ4n) is 4.98. The maximum absolute atomic E-state index is 14.0. The van der Waals surface area contributed by atoms with E-state index in [2.05, 4.69) is 4.90 Å². The molecule has 7 heteroatoms. The van der Waals surface area contributed by atoms with Crippen LogP contribution in [0.25, 0.3) is 11.1 Å². The Morgan fingerprint density at radius 3 is 2.64 bits per heavy atom. The Labute approximate surface area is 197 Å². The molecule has 2 aromatic heterocycles. The summed E-state index contributed by atoms with van der Waals surface area (Å²) >= 11 is 1.51. The summed E-state index contributed by atoms with van der Waals surface area (Å²) in [4.78, 5) is 30.8. The van der Waals surface area contributed by atoms with E-state index in [0.29, 0.717) is 42.7 Å². The van der Waals surface area contributed by atoms with Crippen LogP contribution in [0.15, 0.2) is 52.0 Å². The van der Waals surface area contributed by atoms with Crippen LogP contribution in [0.2, 0.25) is 0 Å². The summed E-state index contributed by atoms with van der Waals surface area (Å²) in [6, 6.07) is 9.93. The second kappa shape index (κ2) is 9.61. The van der Waals surface area contributed by atoms with Crippen LogP contribution >= 0.6 is 11.3 Å². The van der Waals surface area contributed by atoms with E-state index in [-0.39, 0.29) is 17.3 Å². The first-order chi connectivity index (χ1) is 16.1. The van der Waals surface area contributed by atoms with Crippen LogP contribution in [0.5, 0.6) is 0 Å². The van der Waals surface area contributed by atoms with Crippen LogP contribution in [0, 0.1) is 5.82 Å². The highest BCUT2D eigenvalue weighted by Gasteiger charge is 2.26. The van der Waals surface area contributed by atoms with E-state index >= 15 is 0 Å². The molecule has 5 rings (SSSR count). The molecule has 1 aromatic carbocycles. The maximum Gasteiger partial charge on any atom is 0.258 e. The number of likely N-dealkylation sites (tertiary alicyclic amines) is 1. The number of amides is 1. The van der Waals surface area contributed by atoms with E-state index < -0.39 is 0 Å². The lowest BCUT2D eigenvalue weighted by Gasteiger charge is -2.32. The van der Waals surface area contributed by atoms with Gasteiger partial charge >= 0.3 is 0 Å². The molecule has 3 aromatic rings. The lowest BCUT2D eigenvalue weighted by atomic mass is 9.98. The third kappa shape index (κ3) is 4.66. The normalized spacial score (nSPS) is 16.6. The van der Waals surface area contributed by atoms with Crippen LogP contribution in [0.3, 0.4) is 0 Å². The van der Waals surface area contributed by atoms with Crippen LogP contribution < -0.4 is 5.56 Å². The zero-order valence-electron chi connectivity index (χ0n) is 18.6. The minimum Gasteiger partial charge on any atom is -0.334 e. The van der Waals surface area contributed by atoms with Crippen molar-refractivity contribution in [2.75, 3.05) is 26.2 Å². The van der Waals surface area contributed by atoms with Crippen molar-refractivity contribution >= 4 is 17.2 Å². The zero-order chi connectivity index (χ0) is 22.8. The topological polar surface area (TPSA) is 45.6 Å². The lowest BCUT2D eigenvalue weighted by Crippen LogP contribution is -2.41. The van der Waals surface area contributed by atoms with Gasteiger partial charge in [-0.25, -0.2) is 4.39 Å². The van der Waals surface area contributed by atoms with Gasteiger partial charge in [-0.2, -0.15) is 11.3 Å². The molecule has 172 valence electrons. The highest BCUT2D eigenvalue weighted by Crippen LogP contribution is 2.26. The second-order valence-corrected chi connectivity index (χ2v) is 9.67. The molecule has 0 bridgehead atoms. The molecule has 0 spiro atoms. The molecule has 2 aliphatic heterocycles. The highest BCUT2D eigenvalue weighted by atomic mass is 32.1. The van der Waals surface area contributed by atoms with Crippen molar-refractivity contribution in [2.45, 2.75) is 38.8 Å². The van der Waals surface area contributed by atoms with Gasteiger partial charge in [0, 0.05) is 49.2 Å². The van der Waals surface area contributed by atoms with Gasteiger partial charge in [0.05, 0.1) is 5.56 Å². The molecule has 0 atom stereocenters. The molecule has 1 amide bonds. The summed E-state index contributed by atoms with van der Waals surface area (Å²) in [7, 11) is 0. The SMILES string of the molecule is O=C(c1ccsc1)N1CCc2c(cc(-c3cccc(F)c3)c(=O)n2CCN2CCCCC2)C1. The summed E-state index contributed by atoms with van der Waals surface area (Å²) < 4.78 is 15.9. The fraction of sp³-hybridized carbons (Fsp3) is 0.385. The summed E-state index contributed by atoms with van der Waals surface area (Å²) in [5.74, 6) is -0.348. The summed E-state index contributed by atoms with van der Waals surface area (Å²) in [6.07, 6.45) is 4.32. The fourth-order valence-corrected chi connectivity index (χ4v) is 5.61. The molecule has 1 fully saturated rings. The first-order valence-electron chi connectivity index (χ1n) is 11.7. The van der Waals surface area contributed by atoms with E-state index in [1.165, 1.54) is 42.7 Å². The number of hydrogen-bond donors (Lipinski definition) is 0. The number of fused-ring (bicyclic) bond motifs is 1. The van der Waals surface area contributed by atoms with Crippen molar-refractivity contribution in [3.05, 3.63) is 80.2 Å². The standard InChI is InChI=1S/C26H28FN3O2S/c27-22-6-4-5-19(15-22)23-16-21-17-29(25(31)20-8-14-33-18-20)11-7-24(21)30(26(23)32)13-12-28-9-2-1-3-10-28/h4-6,8,14-16,18H,1-3,7,9-13,17H2. The Hall–Kier alpha value is -2.77. The Balaban J connectivity index is 1.51. The Kier molecular flexibility index (Phi) is 6.42. The number of hydrogen-bond acceptors (Lipinski definition) is 4. The van der Waals surface area contributed by atoms with E-state index in [1.807, 2.05) is 32.4 Å². The van der Waals surface area contributed by atoms with Gasteiger partial charge in [0.15, 0.2) is 0 Å². The van der Waals surface area contributed by atoms with Gasteiger partial charge in [-0.15, -0.1) is 0 Å². The second-order valence-electron chi connectivity index (χ2n) is 8.89. The van der Waals surface area contributed by atoms with Crippen LogP contribution in [-0.2, 0) is 19.5 Å². The van der Waals surface area contributed by atoms with Gasteiger partial charge in [0.25, 0.3) is 11.5 Å². The first-order valence-corrected chi connectivity index (χ1v) is 12.6. The van der Waals surface area contributed by atoms with Crippen molar-refractivity contribution in [2.24, 2.45) is 0 Å². The van der Waals surface area contributed by atoms with E-state index in [0.717, 1.165) is 30.9 Å². The molecular formula is C26H28FN3O2S. The number of aromatic nitrogens is 1. The minimum absolute atomic E-state index is 0.0141. The predicted molar refractivity (Wildman–Crippen MR) is 129 cm³/mol. The number of nitrogens with zero attached hydrogens (tertiary/aromatic N) is 3. The van der Waals surface area contributed by atoms with Crippen LogP contribution in [0.1, 0.15) is 40.9 Å².